The number of aromatic nitrogens is 2. The molecule has 3 N–H and O–H groups in total. The van der Waals surface area contributed by atoms with E-state index >= 15 is 0 Å². The molecule has 0 atom stereocenters. The minimum atomic E-state index is -0.0520. The molecule has 0 aliphatic heterocycles. The van der Waals surface area contributed by atoms with Gasteiger partial charge in [-0.05, 0) is 66.5 Å². The molecule has 1 aromatic heterocycles. The lowest BCUT2D eigenvalue weighted by Gasteiger charge is -2.36. The molecule has 1 fully saturated rings. The summed E-state index contributed by atoms with van der Waals surface area (Å²) in [6.45, 7) is 4.15. The highest BCUT2D eigenvalue weighted by Crippen LogP contribution is 2.49. The average Bonchev–Trinajstić information content (AvgIpc) is 3.21. The van der Waals surface area contributed by atoms with E-state index in [1.54, 1.807) is 7.11 Å². The van der Waals surface area contributed by atoms with Crippen molar-refractivity contribution in [3.8, 4) is 5.75 Å². The zero-order valence-corrected chi connectivity index (χ0v) is 18.9. The molecule has 3 aromatic rings. The van der Waals surface area contributed by atoms with Crippen molar-refractivity contribution in [2.24, 2.45) is 0 Å². The fourth-order valence-corrected chi connectivity index (χ4v) is 4.33. The first-order valence-corrected chi connectivity index (χ1v) is 11.4. The Morgan fingerprint density at radius 2 is 1.94 bits per heavy atom. The Hall–Kier alpha value is -3.12. The van der Waals surface area contributed by atoms with Gasteiger partial charge in [-0.15, -0.1) is 0 Å². The van der Waals surface area contributed by atoms with Crippen molar-refractivity contribution >= 4 is 11.7 Å². The van der Waals surface area contributed by atoms with E-state index in [1.165, 1.54) is 11.1 Å². The summed E-state index contributed by atoms with van der Waals surface area (Å²) in [4.78, 5) is 12.6. The first kappa shape index (κ1) is 22.1. The number of ether oxygens (including phenoxy) is 1. The van der Waals surface area contributed by atoms with Gasteiger partial charge in [-0.2, -0.15) is 5.10 Å². The summed E-state index contributed by atoms with van der Waals surface area (Å²) >= 11 is 0. The number of carbonyl (C=O) groups excluding carboxylic acids is 1. The third-order valence-electron chi connectivity index (χ3n) is 6.21. The Kier molecular flexibility index (Phi) is 7.22. The molecular formula is C26H32N4O2. The van der Waals surface area contributed by atoms with Gasteiger partial charge in [0.2, 0.25) is 5.91 Å². The standard InChI is InChI=1S/C26H32N4O2/c1-3-11-27-16-19-5-4-6-20(12-19)21-14-22(15-21)24-17-28-30-26(24)29-25(31)13-18-7-9-23(32-2)10-8-18/h4-10,12,17,21-22,27H,3,11,13-16H2,1-2H3,(H2,28,29,30,31). The number of nitrogens with one attached hydrogen (secondary N) is 3. The van der Waals surface area contributed by atoms with Crippen LogP contribution >= 0.6 is 0 Å². The summed E-state index contributed by atoms with van der Waals surface area (Å²) in [5, 5.41) is 13.7. The van der Waals surface area contributed by atoms with Crippen LogP contribution in [-0.2, 0) is 17.8 Å². The number of H-pyrrole nitrogens is 1. The van der Waals surface area contributed by atoms with E-state index in [9.17, 15) is 4.79 Å². The highest BCUT2D eigenvalue weighted by Gasteiger charge is 2.34. The van der Waals surface area contributed by atoms with Crippen molar-refractivity contribution in [3.05, 3.63) is 77.0 Å². The molecule has 6 nitrogen and oxygen atoms in total. The second kappa shape index (κ2) is 10.5. The van der Waals surface area contributed by atoms with Gasteiger partial charge in [0.15, 0.2) is 0 Å². The van der Waals surface area contributed by atoms with Crippen LogP contribution in [0.2, 0.25) is 0 Å². The molecule has 4 rings (SSSR count). The lowest BCUT2D eigenvalue weighted by Crippen LogP contribution is -2.22. The van der Waals surface area contributed by atoms with Gasteiger partial charge in [-0.25, -0.2) is 0 Å². The van der Waals surface area contributed by atoms with Crippen LogP contribution in [0.25, 0.3) is 0 Å². The summed E-state index contributed by atoms with van der Waals surface area (Å²) < 4.78 is 5.17. The second-order valence-corrected chi connectivity index (χ2v) is 8.56. The number of amides is 1. The van der Waals surface area contributed by atoms with Crippen molar-refractivity contribution in [2.45, 2.75) is 51.0 Å². The summed E-state index contributed by atoms with van der Waals surface area (Å²) in [5.41, 5.74) is 4.80. The smallest absolute Gasteiger partial charge is 0.229 e. The van der Waals surface area contributed by atoms with E-state index in [0.717, 1.165) is 55.0 Å². The minimum Gasteiger partial charge on any atom is -0.497 e. The van der Waals surface area contributed by atoms with E-state index in [1.807, 2.05) is 30.5 Å². The molecule has 1 aliphatic rings. The SMILES string of the molecule is CCCNCc1cccc(C2CC(c3cn[nH]c3NC(=O)Cc3ccc(OC)cc3)C2)c1. The predicted octanol–water partition coefficient (Wildman–Crippen LogP) is 4.76. The van der Waals surface area contributed by atoms with Gasteiger partial charge in [-0.3, -0.25) is 9.89 Å². The molecule has 6 heteroatoms. The Labute approximate surface area is 189 Å². The van der Waals surface area contributed by atoms with Gasteiger partial charge in [0, 0.05) is 12.1 Å². The number of methoxy groups -OCH3 is 1. The van der Waals surface area contributed by atoms with E-state index in [0.29, 0.717) is 18.3 Å². The lowest BCUT2D eigenvalue weighted by molar-refractivity contribution is -0.115. The number of aromatic amines is 1. The predicted molar refractivity (Wildman–Crippen MR) is 127 cm³/mol. The molecule has 0 spiro atoms. The molecule has 168 valence electrons. The van der Waals surface area contributed by atoms with Gasteiger partial charge >= 0.3 is 0 Å². The first-order valence-electron chi connectivity index (χ1n) is 11.4. The summed E-state index contributed by atoms with van der Waals surface area (Å²) in [6.07, 6.45) is 5.47. The highest BCUT2D eigenvalue weighted by molar-refractivity contribution is 5.92. The quantitative estimate of drug-likeness (QED) is 0.404. The van der Waals surface area contributed by atoms with E-state index < -0.39 is 0 Å². The van der Waals surface area contributed by atoms with Crippen molar-refractivity contribution in [3.63, 3.8) is 0 Å². The van der Waals surface area contributed by atoms with Crippen LogP contribution in [0.5, 0.6) is 5.75 Å². The molecule has 0 saturated heterocycles. The van der Waals surface area contributed by atoms with Crippen LogP contribution in [-0.4, -0.2) is 29.8 Å². The number of nitrogens with zero attached hydrogens (tertiary/aromatic N) is 1. The van der Waals surface area contributed by atoms with Crippen LogP contribution in [0.1, 0.15) is 60.3 Å². The van der Waals surface area contributed by atoms with Gasteiger partial charge in [0.25, 0.3) is 0 Å². The maximum absolute atomic E-state index is 12.6. The van der Waals surface area contributed by atoms with Crippen LogP contribution < -0.4 is 15.4 Å². The van der Waals surface area contributed by atoms with Gasteiger partial charge in [-0.1, -0.05) is 43.3 Å². The molecule has 1 saturated carbocycles. The van der Waals surface area contributed by atoms with Gasteiger partial charge in [0.1, 0.15) is 11.6 Å². The zero-order valence-electron chi connectivity index (χ0n) is 18.9. The molecule has 0 unspecified atom stereocenters. The minimum absolute atomic E-state index is 0.0520. The van der Waals surface area contributed by atoms with Crippen molar-refractivity contribution in [1.29, 1.82) is 0 Å². The number of benzene rings is 2. The molecule has 2 aromatic carbocycles. The van der Waals surface area contributed by atoms with E-state index in [2.05, 4.69) is 52.0 Å². The first-order chi connectivity index (χ1) is 15.7. The summed E-state index contributed by atoms with van der Waals surface area (Å²) in [5.74, 6) is 2.43. The van der Waals surface area contributed by atoms with Gasteiger partial charge < -0.3 is 15.4 Å². The fourth-order valence-electron chi connectivity index (χ4n) is 4.33. The van der Waals surface area contributed by atoms with Gasteiger partial charge in [0.05, 0.1) is 19.7 Å². The summed E-state index contributed by atoms with van der Waals surface area (Å²) in [6, 6.07) is 16.5. The Balaban J connectivity index is 1.32. The van der Waals surface area contributed by atoms with Crippen LogP contribution in [0, 0.1) is 0 Å². The second-order valence-electron chi connectivity index (χ2n) is 8.56. The fraction of sp³-hybridized carbons (Fsp3) is 0.385. The Morgan fingerprint density at radius 3 is 2.69 bits per heavy atom. The number of hydrogen-bond donors (Lipinski definition) is 3. The maximum Gasteiger partial charge on any atom is 0.229 e. The molecule has 1 amide bonds. The number of carbonyl (C=O) groups is 1. The van der Waals surface area contributed by atoms with Crippen LogP contribution in [0.4, 0.5) is 5.82 Å². The lowest BCUT2D eigenvalue weighted by atomic mass is 9.69. The van der Waals surface area contributed by atoms with E-state index in [-0.39, 0.29) is 5.91 Å². The van der Waals surface area contributed by atoms with Crippen LogP contribution in [0.3, 0.4) is 0 Å². The topological polar surface area (TPSA) is 79.0 Å². The molecular weight excluding hydrogens is 400 g/mol. The average molecular weight is 433 g/mol. The molecule has 1 heterocycles. The number of rotatable bonds is 10. The largest absolute Gasteiger partial charge is 0.497 e. The van der Waals surface area contributed by atoms with Crippen molar-refractivity contribution in [1.82, 2.24) is 15.5 Å². The molecule has 1 aliphatic carbocycles. The Bertz CT molecular complexity index is 1020. The monoisotopic (exact) mass is 432 g/mol. The van der Waals surface area contributed by atoms with E-state index in [4.69, 9.17) is 4.74 Å². The summed E-state index contributed by atoms with van der Waals surface area (Å²) in [7, 11) is 1.63. The van der Waals surface area contributed by atoms with Crippen LogP contribution in [0.15, 0.2) is 54.7 Å². The normalized spacial score (nSPS) is 17.6. The van der Waals surface area contributed by atoms with Crippen molar-refractivity contribution in [2.75, 3.05) is 19.0 Å². The Morgan fingerprint density at radius 1 is 1.12 bits per heavy atom. The molecule has 32 heavy (non-hydrogen) atoms. The zero-order chi connectivity index (χ0) is 22.3. The molecule has 0 bridgehead atoms. The maximum atomic E-state index is 12.6. The third-order valence-corrected chi connectivity index (χ3v) is 6.21. The number of hydrogen-bond acceptors (Lipinski definition) is 4. The molecule has 0 radical (unpaired) electrons. The third kappa shape index (κ3) is 5.37. The highest BCUT2D eigenvalue weighted by atomic mass is 16.5. The van der Waals surface area contributed by atoms with Crippen molar-refractivity contribution < 1.29 is 9.53 Å². The number of anilines is 1.